The van der Waals surface area contributed by atoms with E-state index in [0.29, 0.717) is 9.05 Å². The van der Waals surface area contributed by atoms with Crippen LogP contribution in [0.5, 0.6) is 0 Å². The fraction of sp³-hybridized carbons (Fsp3) is 0.100. The van der Waals surface area contributed by atoms with Crippen LogP contribution in [0.2, 0.25) is 0 Å². The van der Waals surface area contributed by atoms with Crippen molar-refractivity contribution in [2.45, 2.75) is 0 Å². The van der Waals surface area contributed by atoms with Crippen molar-refractivity contribution >= 4 is 44.1 Å². The average Bonchev–Trinajstić information content (AvgIpc) is 2.76. The van der Waals surface area contributed by atoms with E-state index >= 15 is 0 Å². The Labute approximate surface area is 111 Å². The zero-order chi connectivity index (χ0) is 12.3. The Hall–Kier alpha value is -1.47. The van der Waals surface area contributed by atoms with E-state index in [-0.39, 0.29) is 6.03 Å². The van der Waals surface area contributed by atoms with E-state index in [9.17, 15) is 4.79 Å². The van der Waals surface area contributed by atoms with Crippen LogP contribution in [0.3, 0.4) is 0 Å². The number of benzene rings is 1. The maximum absolute atomic E-state index is 11.9. The number of nitrogens with zero attached hydrogens (tertiary/aromatic N) is 3. The third-order valence-electron chi connectivity index (χ3n) is 2.01. The molecule has 0 atom stereocenters. The van der Waals surface area contributed by atoms with Crippen molar-refractivity contribution in [3.8, 4) is 0 Å². The predicted molar refractivity (Wildman–Crippen MR) is 71.5 cm³/mol. The molecule has 5 nitrogen and oxygen atoms in total. The van der Waals surface area contributed by atoms with Gasteiger partial charge in [0.05, 0.1) is 0 Å². The van der Waals surface area contributed by atoms with Gasteiger partial charge in [0, 0.05) is 12.7 Å². The number of anilines is 2. The van der Waals surface area contributed by atoms with Gasteiger partial charge in [-0.1, -0.05) is 29.5 Å². The molecule has 2 amide bonds. The predicted octanol–water partition coefficient (Wildman–Crippen LogP) is 2.97. The third-order valence-corrected chi connectivity index (χ3v) is 3.44. The van der Waals surface area contributed by atoms with Crippen molar-refractivity contribution in [3.05, 3.63) is 34.2 Å². The molecule has 0 aliphatic rings. The SMILES string of the molecule is CN(C(=O)Nc1ccccc1)c1nnc(Br)s1. The minimum absolute atomic E-state index is 0.250. The van der Waals surface area contributed by atoms with Crippen molar-refractivity contribution in [1.82, 2.24) is 10.2 Å². The number of carbonyl (C=O) groups is 1. The number of hydrogen-bond acceptors (Lipinski definition) is 4. The minimum atomic E-state index is -0.250. The van der Waals surface area contributed by atoms with Gasteiger partial charge in [0.15, 0.2) is 3.92 Å². The van der Waals surface area contributed by atoms with Crippen LogP contribution in [-0.4, -0.2) is 23.3 Å². The monoisotopic (exact) mass is 312 g/mol. The van der Waals surface area contributed by atoms with Crippen LogP contribution in [0.25, 0.3) is 0 Å². The lowest BCUT2D eigenvalue weighted by Crippen LogP contribution is -2.31. The molecule has 1 N–H and O–H groups in total. The Bertz CT molecular complexity index is 516. The second-order valence-corrected chi connectivity index (χ2v) is 5.42. The molecule has 0 saturated heterocycles. The van der Waals surface area contributed by atoms with Crippen LogP contribution in [0.15, 0.2) is 34.2 Å². The van der Waals surface area contributed by atoms with Gasteiger partial charge in [-0.05, 0) is 28.1 Å². The summed E-state index contributed by atoms with van der Waals surface area (Å²) in [5.41, 5.74) is 0.743. The molecule has 1 aromatic heterocycles. The molecule has 0 aliphatic heterocycles. The molecule has 2 rings (SSSR count). The molecule has 0 bridgehead atoms. The zero-order valence-corrected chi connectivity index (χ0v) is 11.3. The molecule has 0 saturated carbocycles. The second kappa shape index (κ2) is 5.24. The highest BCUT2D eigenvalue weighted by Crippen LogP contribution is 2.23. The van der Waals surface area contributed by atoms with Crippen molar-refractivity contribution in [2.75, 3.05) is 17.3 Å². The Morgan fingerprint density at radius 1 is 1.35 bits per heavy atom. The first-order valence-corrected chi connectivity index (χ1v) is 6.36. The lowest BCUT2D eigenvalue weighted by Gasteiger charge is -2.13. The fourth-order valence-corrected chi connectivity index (χ4v) is 2.20. The van der Waals surface area contributed by atoms with Crippen LogP contribution in [0.4, 0.5) is 15.6 Å². The van der Waals surface area contributed by atoms with Crippen molar-refractivity contribution in [3.63, 3.8) is 0 Å². The molecule has 7 heteroatoms. The molecule has 88 valence electrons. The highest BCUT2D eigenvalue weighted by Gasteiger charge is 2.14. The van der Waals surface area contributed by atoms with Crippen LogP contribution in [-0.2, 0) is 0 Å². The number of aromatic nitrogens is 2. The number of nitrogens with one attached hydrogen (secondary N) is 1. The summed E-state index contributed by atoms with van der Waals surface area (Å²) in [6.07, 6.45) is 0. The summed E-state index contributed by atoms with van der Waals surface area (Å²) < 4.78 is 0.645. The molecule has 1 heterocycles. The third kappa shape index (κ3) is 3.01. The number of carbonyl (C=O) groups excluding carboxylic acids is 1. The largest absolute Gasteiger partial charge is 0.327 e. The molecular formula is C10H9BrN4OS. The molecule has 0 radical (unpaired) electrons. The van der Waals surface area contributed by atoms with Crippen LogP contribution in [0, 0.1) is 0 Å². The van der Waals surface area contributed by atoms with Gasteiger partial charge in [-0.2, -0.15) is 0 Å². The average molecular weight is 313 g/mol. The summed E-state index contributed by atoms with van der Waals surface area (Å²) >= 11 is 4.50. The first-order valence-electron chi connectivity index (χ1n) is 4.75. The molecule has 0 unspecified atom stereocenters. The van der Waals surface area contributed by atoms with Crippen molar-refractivity contribution < 1.29 is 4.79 Å². The summed E-state index contributed by atoms with van der Waals surface area (Å²) in [6.45, 7) is 0. The standard InChI is InChI=1S/C10H9BrN4OS/c1-15(10-14-13-8(11)17-10)9(16)12-7-5-3-2-4-6-7/h2-6H,1H3,(H,12,16). The summed E-state index contributed by atoms with van der Waals surface area (Å²) in [5.74, 6) is 0. The molecule has 17 heavy (non-hydrogen) atoms. The van der Waals surface area contributed by atoms with Gasteiger partial charge >= 0.3 is 6.03 Å². The number of halogens is 1. The van der Waals surface area contributed by atoms with E-state index in [1.54, 1.807) is 7.05 Å². The number of rotatable bonds is 2. The Morgan fingerprint density at radius 2 is 2.06 bits per heavy atom. The minimum Gasteiger partial charge on any atom is -0.307 e. The summed E-state index contributed by atoms with van der Waals surface area (Å²) in [5, 5.41) is 10.9. The molecule has 0 spiro atoms. The quantitative estimate of drug-likeness (QED) is 0.927. The summed E-state index contributed by atoms with van der Waals surface area (Å²) in [4.78, 5) is 13.3. The summed E-state index contributed by atoms with van der Waals surface area (Å²) in [6, 6.07) is 9.00. The first kappa shape index (κ1) is 12.0. The van der Waals surface area contributed by atoms with Crippen LogP contribution < -0.4 is 10.2 Å². The smallest absolute Gasteiger partial charge is 0.307 e. The molecular weight excluding hydrogens is 304 g/mol. The van der Waals surface area contributed by atoms with Crippen LogP contribution in [0.1, 0.15) is 0 Å². The topological polar surface area (TPSA) is 58.1 Å². The van der Waals surface area contributed by atoms with E-state index in [1.165, 1.54) is 16.2 Å². The lowest BCUT2D eigenvalue weighted by atomic mass is 10.3. The molecule has 2 aromatic rings. The van der Waals surface area contributed by atoms with Gasteiger partial charge < -0.3 is 5.32 Å². The van der Waals surface area contributed by atoms with Gasteiger partial charge in [0.25, 0.3) is 0 Å². The summed E-state index contributed by atoms with van der Waals surface area (Å²) in [7, 11) is 1.64. The van der Waals surface area contributed by atoms with Gasteiger partial charge in [-0.3, -0.25) is 4.90 Å². The van der Waals surface area contributed by atoms with Gasteiger partial charge in [-0.15, -0.1) is 10.2 Å². The number of amides is 2. The number of hydrogen-bond donors (Lipinski definition) is 1. The maximum atomic E-state index is 11.9. The number of urea groups is 1. The van der Waals surface area contributed by atoms with Crippen molar-refractivity contribution in [2.24, 2.45) is 0 Å². The highest BCUT2D eigenvalue weighted by atomic mass is 79.9. The Morgan fingerprint density at radius 3 is 2.65 bits per heavy atom. The molecule has 0 aliphatic carbocycles. The first-order chi connectivity index (χ1) is 8.16. The Balaban J connectivity index is 2.06. The highest BCUT2D eigenvalue weighted by molar-refractivity contribution is 9.11. The van der Waals surface area contributed by atoms with E-state index in [2.05, 4.69) is 31.4 Å². The fourth-order valence-electron chi connectivity index (χ4n) is 1.15. The van der Waals surface area contributed by atoms with E-state index in [4.69, 9.17) is 0 Å². The lowest BCUT2D eigenvalue weighted by molar-refractivity contribution is 0.258. The number of para-hydroxylation sites is 1. The molecule has 0 fully saturated rings. The van der Waals surface area contributed by atoms with Gasteiger partial charge in [0.2, 0.25) is 5.13 Å². The van der Waals surface area contributed by atoms with E-state index < -0.39 is 0 Å². The van der Waals surface area contributed by atoms with Gasteiger partial charge in [-0.25, -0.2) is 4.79 Å². The molecule has 1 aromatic carbocycles. The second-order valence-electron chi connectivity index (χ2n) is 3.19. The van der Waals surface area contributed by atoms with E-state index in [0.717, 1.165) is 5.69 Å². The van der Waals surface area contributed by atoms with E-state index in [1.807, 2.05) is 30.3 Å². The van der Waals surface area contributed by atoms with Gasteiger partial charge in [0.1, 0.15) is 0 Å². The maximum Gasteiger partial charge on any atom is 0.327 e. The Kier molecular flexibility index (Phi) is 3.70. The normalized spacial score (nSPS) is 10.0. The zero-order valence-electron chi connectivity index (χ0n) is 8.92. The van der Waals surface area contributed by atoms with Crippen molar-refractivity contribution in [1.29, 1.82) is 0 Å². The van der Waals surface area contributed by atoms with Crippen LogP contribution >= 0.6 is 27.3 Å².